The van der Waals surface area contributed by atoms with Crippen molar-refractivity contribution in [2.75, 3.05) is 39.5 Å². The highest BCUT2D eigenvalue weighted by atomic mass is 16.5. The minimum atomic E-state index is -0.252. The Kier molecular flexibility index (Phi) is 9.01. The number of carbonyl (C=O) groups is 2. The highest BCUT2D eigenvalue weighted by Gasteiger charge is 2.40. The zero-order valence-electron chi connectivity index (χ0n) is 19.8. The van der Waals surface area contributed by atoms with E-state index in [1.54, 1.807) is 12.4 Å². The van der Waals surface area contributed by atoms with Gasteiger partial charge in [0.15, 0.2) is 0 Å². The lowest BCUT2D eigenvalue weighted by atomic mass is 10.0. The molecule has 0 atom stereocenters. The van der Waals surface area contributed by atoms with Crippen molar-refractivity contribution in [2.24, 2.45) is 0 Å². The molecule has 3 rings (SSSR count). The van der Waals surface area contributed by atoms with Gasteiger partial charge in [-0.15, -0.1) is 0 Å². The van der Waals surface area contributed by atoms with Gasteiger partial charge in [0.25, 0.3) is 11.8 Å². The van der Waals surface area contributed by atoms with Gasteiger partial charge >= 0.3 is 0 Å². The molecule has 7 heteroatoms. The van der Waals surface area contributed by atoms with Crippen LogP contribution in [0.3, 0.4) is 0 Å². The predicted octanol–water partition coefficient (Wildman–Crippen LogP) is 3.55. The Morgan fingerprint density at radius 2 is 1.67 bits per heavy atom. The summed E-state index contributed by atoms with van der Waals surface area (Å²) < 4.78 is 10.9. The second-order valence-electron chi connectivity index (χ2n) is 7.68. The smallest absolute Gasteiger partial charge is 0.277 e. The molecule has 2 amide bonds. The second kappa shape index (κ2) is 12.2. The van der Waals surface area contributed by atoms with Crippen LogP contribution in [0.4, 0.5) is 0 Å². The van der Waals surface area contributed by atoms with Crippen LogP contribution in [0.15, 0.2) is 54.5 Å². The molecule has 0 bridgehead atoms. The number of pyridine rings is 1. The Labute approximate surface area is 196 Å². The Morgan fingerprint density at radius 3 is 2.30 bits per heavy atom. The SMILES string of the molecule is CCOCCCN1C(=O)C(c2ccc(OCC)cc2)=C(N(CC)CCc2ccncc2)C1=O. The molecule has 1 aliphatic rings. The normalized spacial score (nSPS) is 13.7. The number of likely N-dealkylation sites (N-methyl/N-ethyl adjacent to an activating group) is 1. The Balaban J connectivity index is 1.90. The molecule has 1 aromatic carbocycles. The summed E-state index contributed by atoms with van der Waals surface area (Å²) in [7, 11) is 0. The lowest BCUT2D eigenvalue weighted by molar-refractivity contribution is -0.137. The second-order valence-corrected chi connectivity index (χ2v) is 7.68. The van der Waals surface area contributed by atoms with E-state index in [-0.39, 0.29) is 11.8 Å². The maximum absolute atomic E-state index is 13.5. The molecule has 0 radical (unpaired) electrons. The molecule has 2 aromatic rings. The number of aromatic nitrogens is 1. The van der Waals surface area contributed by atoms with Crippen LogP contribution in [-0.2, 0) is 20.7 Å². The first kappa shape index (κ1) is 24.5. The molecule has 0 aliphatic carbocycles. The van der Waals surface area contributed by atoms with Gasteiger partial charge in [-0.25, -0.2) is 0 Å². The quantitative estimate of drug-likeness (QED) is 0.343. The fraction of sp³-hybridized carbons (Fsp3) is 0.423. The maximum Gasteiger partial charge on any atom is 0.277 e. The number of rotatable bonds is 13. The summed E-state index contributed by atoms with van der Waals surface area (Å²) in [5.74, 6) is 0.244. The number of hydrogen-bond donors (Lipinski definition) is 0. The van der Waals surface area contributed by atoms with Gasteiger partial charge < -0.3 is 14.4 Å². The van der Waals surface area contributed by atoms with E-state index < -0.39 is 0 Å². The standard InChI is InChI=1S/C26H33N3O4/c1-4-28(18-14-20-12-15-27-16-13-20)24-23(21-8-10-22(11-9-21)33-6-3)25(30)29(26(24)31)17-7-19-32-5-2/h8-13,15-16H,4-7,14,17-19H2,1-3H3. The molecular formula is C26H33N3O4. The molecule has 0 spiro atoms. The molecule has 0 N–H and O–H groups in total. The Hall–Kier alpha value is -3.19. The van der Waals surface area contributed by atoms with E-state index in [1.807, 2.05) is 62.1 Å². The van der Waals surface area contributed by atoms with E-state index in [2.05, 4.69) is 4.98 Å². The first-order valence-corrected chi connectivity index (χ1v) is 11.7. The molecule has 0 saturated heterocycles. The summed E-state index contributed by atoms with van der Waals surface area (Å²) in [6.45, 7) is 9.14. The van der Waals surface area contributed by atoms with E-state index in [9.17, 15) is 9.59 Å². The topological polar surface area (TPSA) is 72.0 Å². The van der Waals surface area contributed by atoms with Crippen molar-refractivity contribution in [3.63, 3.8) is 0 Å². The number of carbonyl (C=O) groups excluding carboxylic acids is 2. The Morgan fingerprint density at radius 1 is 0.939 bits per heavy atom. The average molecular weight is 452 g/mol. The molecule has 1 aliphatic heterocycles. The number of benzene rings is 1. The minimum absolute atomic E-state index is 0.239. The molecular weight excluding hydrogens is 418 g/mol. The number of hydrogen-bond acceptors (Lipinski definition) is 6. The summed E-state index contributed by atoms with van der Waals surface area (Å²) in [5, 5.41) is 0. The van der Waals surface area contributed by atoms with Gasteiger partial charge in [-0.05, 0) is 69.0 Å². The van der Waals surface area contributed by atoms with E-state index in [0.717, 1.165) is 23.3 Å². The number of nitrogens with zero attached hydrogens (tertiary/aromatic N) is 3. The fourth-order valence-electron chi connectivity index (χ4n) is 3.92. The molecule has 0 saturated carbocycles. The monoisotopic (exact) mass is 451 g/mol. The third-order valence-corrected chi connectivity index (χ3v) is 5.59. The van der Waals surface area contributed by atoms with E-state index in [0.29, 0.717) is 57.1 Å². The molecule has 0 unspecified atom stereocenters. The van der Waals surface area contributed by atoms with Crippen LogP contribution in [-0.4, -0.2) is 66.1 Å². The van der Waals surface area contributed by atoms with Crippen molar-refractivity contribution in [1.29, 1.82) is 0 Å². The minimum Gasteiger partial charge on any atom is -0.494 e. The molecule has 176 valence electrons. The van der Waals surface area contributed by atoms with Crippen molar-refractivity contribution in [3.8, 4) is 5.75 Å². The van der Waals surface area contributed by atoms with Gasteiger partial charge in [-0.2, -0.15) is 0 Å². The third kappa shape index (κ3) is 5.99. The molecule has 33 heavy (non-hydrogen) atoms. The Bertz CT molecular complexity index is 957. The maximum atomic E-state index is 13.5. The molecule has 7 nitrogen and oxygen atoms in total. The number of amides is 2. The van der Waals surface area contributed by atoms with E-state index in [4.69, 9.17) is 9.47 Å². The molecule has 1 aromatic heterocycles. The fourth-order valence-corrected chi connectivity index (χ4v) is 3.92. The number of ether oxygens (including phenoxy) is 2. The van der Waals surface area contributed by atoms with Crippen LogP contribution >= 0.6 is 0 Å². The lowest BCUT2D eigenvalue weighted by Gasteiger charge is -2.25. The van der Waals surface area contributed by atoms with Gasteiger partial charge in [-0.1, -0.05) is 12.1 Å². The van der Waals surface area contributed by atoms with Gasteiger partial charge in [0.05, 0.1) is 12.2 Å². The zero-order chi connectivity index (χ0) is 23.6. The lowest BCUT2D eigenvalue weighted by Crippen LogP contribution is -2.36. The van der Waals surface area contributed by atoms with Crippen LogP contribution in [0.2, 0.25) is 0 Å². The van der Waals surface area contributed by atoms with Crippen LogP contribution < -0.4 is 4.74 Å². The van der Waals surface area contributed by atoms with Crippen LogP contribution in [0.1, 0.15) is 38.3 Å². The van der Waals surface area contributed by atoms with Crippen molar-refractivity contribution in [1.82, 2.24) is 14.8 Å². The van der Waals surface area contributed by atoms with Crippen molar-refractivity contribution in [3.05, 3.63) is 65.6 Å². The summed E-state index contributed by atoms with van der Waals surface area (Å²) in [6, 6.07) is 11.3. The van der Waals surface area contributed by atoms with Crippen LogP contribution in [0.25, 0.3) is 5.57 Å². The first-order valence-electron chi connectivity index (χ1n) is 11.7. The van der Waals surface area contributed by atoms with E-state index in [1.165, 1.54) is 4.90 Å². The van der Waals surface area contributed by atoms with E-state index >= 15 is 0 Å². The zero-order valence-corrected chi connectivity index (χ0v) is 19.8. The van der Waals surface area contributed by atoms with Gasteiger partial charge in [0.1, 0.15) is 11.4 Å². The average Bonchev–Trinajstić information content (AvgIpc) is 3.08. The molecule has 0 fully saturated rings. The van der Waals surface area contributed by atoms with Gasteiger partial charge in [0, 0.05) is 45.2 Å². The highest BCUT2D eigenvalue weighted by Crippen LogP contribution is 2.32. The summed E-state index contributed by atoms with van der Waals surface area (Å²) >= 11 is 0. The van der Waals surface area contributed by atoms with Crippen molar-refractivity contribution < 1.29 is 19.1 Å². The van der Waals surface area contributed by atoms with Gasteiger partial charge in [0.2, 0.25) is 0 Å². The predicted molar refractivity (Wildman–Crippen MR) is 128 cm³/mol. The molecule has 2 heterocycles. The third-order valence-electron chi connectivity index (χ3n) is 5.59. The number of imide groups is 1. The summed E-state index contributed by atoms with van der Waals surface area (Å²) in [6.07, 6.45) is 4.89. The highest BCUT2D eigenvalue weighted by molar-refractivity contribution is 6.35. The first-order chi connectivity index (χ1) is 16.1. The van der Waals surface area contributed by atoms with Crippen LogP contribution in [0.5, 0.6) is 5.75 Å². The summed E-state index contributed by atoms with van der Waals surface area (Å²) in [4.78, 5) is 34.3. The van der Waals surface area contributed by atoms with Crippen molar-refractivity contribution >= 4 is 17.4 Å². The van der Waals surface area contributed by atoms with Crippen LogP contribution in [0, 0.1) is 0 Å². The van der Waals surface area contributed by atoms with Crippen molar-refractivity contribution in [2.45, 2.75) is 33.6 Å². The largest absolute Gasteiger partial charge is 0.494 e. The van der Waals surface area contributed by atoms with Gasteiger partial charge in [-0.3, -0.25) is 19.5 Å². The summed E-state index contributed by atoms with van der Waals surface area (Å²) in [5.41, 5.74) is 2.78.